The van der Waals surface area contributed by atoms with Crippen LogP contribution < -0.4 is 4.90 Å². The second kappa shape index (κ2) is 4.80. The average molecular weight is 270 g/mol. The lowest BCUT2D eigenvalue weighted by atomic mass is 10.1. The van der Waals surface area contributed by atoms with Crippen LogP contribution >= 0.6 is 0 Å². The first-order valence-electron chi connectivity index (χ1n) is 6.05. The Morgan fingerprint density at radius 1 is 1.30 bits per heavy atom. The van der Waals surface area contributed by atoms with E-state index in [2.05, 4.69) is 15.0 Å². The zero-order valence-corrected chi connectivity index (χ0v) is 10.7. The number of hydrogen-bond acceptors (Lipinski definition) is 4. The Balaban J connectivity index is 2.23. The van der Waals surface area contributed by atoms with Crippen LogP contribution in [0.15, 0.2) is 41.8 Å². The van der Waals surface area contributed by atoms with Crippen LogP contribution in [0.2, 0.25) is 0 Å². The monoisotopic (exact) mass is 270 g/mol. The number of rotatable bonds is 1. The third-order valence-electron chi connectivity index (χ3n) is 3.15. The van der Waals surface area contributed by atoms with Gasteiger partial charge in [0.25, 0.3) is 0 Å². The second-order valence-electron chi connectivity index (χ2n) is 4.35. The molecule has 0 unspecified atom stereocenters. The van der Waals surface area contributed by atoms with Crippen molar-refractivity contribution in [1.82, 2.24) is 9.97 Å². The van der Waals surface area contributed by atoms with E-state index in [1.807, 2.05) is 0 Å². The van der Waals surface area contributed by atoms with Crippen molar-refractivity contribution in [3.8, 4) is 0 Å². The normalized spacial score (nSPS) is 14.6. The third-order valence-corrected chi connectivity index (χ3v) is 3.15. The number of fused-ring (bicyclic) bond motifs is 1. The number of nitrogens with zero attached hydrogens (tertiary/aromatic N) is 4. The van der Waals surface area contributed by atoms with Crippen molar-refractivity contribution >= 4 is 17.3 Å². The summed E-state index contributed by atoms with van der Waals surface area (Å²) >= 11 is 0. The molecule has 20 heavy (non-hydrogen) atoms. The van der Waals surface area contributed by atoms with Crippen LogP contribution in [0.25, 0.3) is 0 Å². The lowest BCUT2D eigenvalue weighted by Crippen LogP contribution is -2.28. The molecule has 0 spiro atoms. The largest absolute Gasteiger partial charge is 0.310 e. The number of carbonyl (C=O) groups is 1. The van der Waals surface area contributed by atoms with Crippen LogP contribution in [0.4, 0.5) is 10.1 Å². The van der Waals surface area contributed by atoms with Crippen molar-refractivity contribution < 1.29 is 9.18 Å². The Morgan fingerprint density at radius 2 is 2.10 bits per heavy atom. The molecule has 0 N–H and O–H groups in total. The number of likely N-dealkylation sites (N-methyl/N-ethyl adjacent to an activating group) is 1. The summed E-state index contributed by atoms with van der Waals surface area (Å²) in [6.07, 6.45) is 2.89. The second-order valence-corrected chi connectivity index (χ2v) is 4.35. The molecule has 1 aromatic carbocycles. The summed E-state index contributed by atoms with van der Waals surface area (Å²) in [6.45, 7) is -0.0451. The fraction of sp³-hybridized carbons (Fsp3) is 0.143. The molecule has 1 amide bonds. The summed E-state index contributed by atoms with van der Waals surface area (Å²) in [4.78, 5) is 25.6. The highest BCUT2D eigenvalue weighted by Crippen LogP contribution is 2.23. The van der Waals surface area contributed by atoms with Crippen LogP contribution in [0.1, 0.15) is 11.3 Å². The van der Waals surface area contributed by atoms with Gasteiger partial charge in [0, 0.05) is 12.6 Å². The minimum atomic E-state index is -0.396. The Kier molecular flexibility index (Phi) is 2.98. The molecule has 0 fully saturated rings. The average Bonchev–Trinajstić information content (AvgIpc) is 2.59. The number of anilines is 1. The summed E-state index contributed by atoms with van der Waals surface area (Å²) < 4.78 is 14.0. The Hall–Kier alpha value is -2.63. The molecule has 0 aliphatic carbocycles. The van der Waals surface area contributed by atoms with Gasteiger partial charge in [-0.05, 0) is 12.1 Å². The van der Waals surface area contributed by atoms with Crippen molar-refractivity contribution in [3.05, 3.63) is 53.9 Å². The molecule has 1 aromatic heterocycles. The predicted octanol–water partition coefficient (Wildman–Crippen LogP) is 1.43. The first kappa shape index (κ1) is 12.4. The fourth-order valence-electron chi connectivity index (χ4n) is 2.08. The van der Waals surface area contributed by atoms with Gasteiger partial charge in [-0.25, -0.2) is 14.4 Å². The van der Waals surface area contributed by atoms with Gasteiger partial charge in [0.2, 0.25) is 5.91 Å². The van der Waals surface area contributed by atoms with Crippen molar-refractivity contribution in [2.24, 2.45) is 4.99 Å². The van der Waals surface area contributed by atoms with Gasteiger partial charge in [-0.2, -0.15) is 0 Å². The number of aromatic nitrogens is 2. The zero-order chi connectivity index (χ0) is 14.1. The van der Waals surface area contributed by atoms with Gasteiger partial charge in [0.1, 0.15) is 24.4 Å². The fourth-order valence-corrected chi connectivity index (χ4v) is 2.08. The maximum absolute atomic E-state index is 14.0. The van der Waals surface area contributed by atoms with E-state index in [1.165, 1.54) is 23.5 Å². The van der Waals surface area contributed by atoms with Gasteiger partial charge >= 0.3 is 0 Å². The van der Waals surface area contributed by atoms with Crippen molar-refractivity contribution in [3.63, 3.8) is 0 Å². The maximum atomic E-state index is 14.0. The first-order valence-corrected chi connectivity index (χ1v) is 6.05. The van der Waals surface area contributed by atoms with Gasteiger partial charge in [-0.3, -0.25) is 9.79 Å². The van der Waals surface area contributed by atoms with Gasteiger partial charge < -0.3 is 4.90 Å². The van der Waals surface area contributed by atoms with Crippen LogP contribution in [0.3, 0.4) is 0 Å². The van der Waals surface area contributed by atoms with Crippen LogP contribution in [-0.2, 0) is 4.79 Å². The van der Waals surface area contributed by atoms with E-state index in [9.17, 15) is 9.18 Å². The predicted molar refractivity (Wildman–Crippen MR) is 72.3 cm³/mol. The molecule has 1 aliphatic rings. The minimum Gasteiger partial charge on any atom is -0.310 e. The number of carbonyl (C=O) groups excluding carboxylic acids is 1. The summed E-state index contributed by atoms with van der Waals surface area (Å²) in [5.41, 5.74) is 1.68. The molecule has 0 saturated heterocycles. The van der Waals surface area contributed by atoms with E-state index in [1.54, 1.807) is 25.2 Å². The number of amides is 1. The molecule has 2 heterocycles. The van der Waals surface area contributed by atoms with E-state index in [0.29, 0.717) is 22.7 Å². The summed E-state index contributed by atoms with van der Waals surface area (Å²) in [7, 11) is 1.63. The Bertz CT molecular complexity index is 714. The third kappa shape index (κ3) is 1.95. The molecule has 1 aliphatic heterocycles. The Labute approximate surface area is 114 Å². The molecule has 0 atom stereocenters. The van der Waals surface area contributed by atoms with Crippen molar-refractivity contribution in [1.29, 1.82) is 0 Å². The molecule has 6 heteroatoms. The van der Waals surface area contributed by atoms with Crippen LogP contribution in [0.5, 0.6) is 0 Å². The lowest BCUT2D eigenvalue weighted by Gasteiger charge is -2.16. The number of hydrogen-bond donors (Lipinski definition) is 0. The molecule has 0 radical (unpaired) electrons. The molecule has 100 valence electrons. The van der Waals surface area contributed by atoms with E-state index < -0.39 is 5.82 Å². The summed E-state index contributed by atoms with van der Waals surface area (Å²) in [6, 6.07) is 6.30. The minimum absolute atomic E-state index is 0.0451. The highest BCUT2D eigenvalue weighted by molar-refractivity contribution is 6.18. The molecule has 5 nitrogen and oxygen atoms in total. The van der Waals surface area contributed by atoms with Gasteiger partial charge in [0.15, 0.2) is 0 Å². The van der Waals surface area contributed by atoms with E-state index in [0.717, 1.165) is 0 Å². The topological polar surface area (TPSA) is 58.5 Å². The van der Waals surface area contributed by atoms with Gasteiger partial charge in [0.05, 0.1) is 17.6 Å². The highest BCUT2D eigenvalue weighted by Gasteiger charge is 2.24. The number of aliphatic imine (C=N–C) groups is 1. The Morgan fingerprint density at radius 3 is 2.90 bits per heavy atom. The molecule has 2 aromatic rings. The summed E-state index contributed by atoms with van der Waals surface area (Å²) in [5, 5.41) is 0. The molecule has 0 saturated carbocycles. The smallest absolute Gasteiger partial charge is 0.248 e. The van der Waals surface area contributed by atoms with Crippen molar-refractivity contribution in [2.45, 2.75) is 0 Å². The molecule has 3 rings (SSSR count). The standard InChI is InChI=1S/C14H11FN4O/c1-19-11-6-16-8-18-14(11)13(17-7-12(19)20)9-4-2-3-5-10(9)15/h2-6,8H,7H2,1H3. The van der Waals surface area contributed by atoms with Crippen molar-refractivity contribution in [2.75, 3.05) is 18.5 Å². The first-order chi connectivity index (χ1) is 9.68. The molecule has 0 bridgehead atoms. The quantitative estimate of drug-likeness (QED) is 0.787. The number of benzene rings is 1. The van der Waals surface area contributed by atoms with Crippen LogP contribution in [0, 0.1) is 5.82 Å². The van der Waals surface area contributed by atoms with E-state index in [4.69, 9.17) is 0 Å². The number of halogens is 1. The van der Waals surface area contributed by atoms with E-state index >= 15 is 0 Å². The van der Waals surface area contributed by atoms with Gasteiger partial charge in [-0.1, -0.05) is 12.1 Å². The lowest BCUT2D eigenvalue weighted by molar-refractivity contribution is -0.116. The molecular formula is C14H11FN4O. The zero-order valence-electron chi connectivity index (χ0n) is 10.7. The highest BCUT2D eigenvalue weighted by atomic mass is 19.1. The van der Waals surface area contributed by atoms with Gasteiger partial charge in [-0.15, -0.1) is 0 Å². The van der Waals surface area contributed by atoms with Crippen LogP contribution in [-0.4, -0.2) is 35.2 Å². The molecular weight excluding hydrogens is 259 g/mol. The maximum Gasteiger partial charge on any atom is 0.248 e. The summed E-state index contributed by atoms with van der Waals surface area (Å²) in [5.74, 6) is -0.583. The van der Waals surface area contributed by atoms with E-state index in [-0.39, 0.29) is 12.5 Å². The SMILES string of the molecule is CN1C(=O)CN=C(c2ccccc2F)c2ncncc21.